The van der Waals surface area contributed by atoms with Crippen LogP contribution in [0.15, 0.2) is 30.3 Å². The van der Waals surface area contributed by atoms with Crippen molar-refractivity contribution in [2.45, 2.75) is 50.5 Å². The standard InChI is InChI=1S/C17H25NO2/c1-20-17(19)16(14-8-3-2-4-9-14)12-7-11-15-10-5-6-13-18-15/h2-4,8-9,15-16,18H,5-7,10-13H2,1H3/t15?,16-/m0/s1. The molecular formula is C17H25NO2. The third-order valence-corrected chi connectivity index (χ3v) is 4.15. The first kappa shape index (κ1) is 15.0. The van der Waals surface area contributed by atoms with E-state index in [2.05, 4.69) is 5.32 Å². The summed E-state index contributed by atoms with van der Waals surface area (Å²) in [5, 5.41) is 3.56. The maximum absolute atomic E-state index is 12.0. The summed E-state index contributed by atoms with van der Waals surface area (Å²) in [5.41, 5.74) is 1.07. The zero-order chi connectivity index (χ0) is 14.2. The van der Waals surface area contributed by atoms with Gasteiger partial charge in [-0.3, -0.25) is 4.79 Å². The number of methoxy groups -OCH3 is 1. The van der Waals surface area contributed by atoms with Gasteiger partial charge in [-0.25, -0.2) is 0 Å². The number of ether oxygens (including phenoxy) is 1. The number of rotatable bonds is 6. The number of esters is 1. The van der Waals surface area contributed by atoms with Crippen LogP contribution in [0, 0.1) is 0 Å². The summed E-state index contributed by atoms with van der Waals surface area (Å²) in [4.78, 5) is 12.0. The average Bonchev–Trinajstić information content (AvgIpc) is 2.53. The lowest BCUT2D eigenvalue weighted by Crippen LogP contribution is -2.33. The highest BCUT2D eigenvalue weighted by Gasteiger charge is 2.21. The fraction of sp³-hybridized carbons (Fsp3) is 0.588. The Labute approximate surface area is 121 Å². The zero-order valence-electron chi connectivity index (χ0n) is 12.3. The third kappa shape index (κ3) is 4.34. The molecule has 110 valence electrons. The minimum atomic E-state index is -0.121. The van der Waals surface area contributed by atoms with Crippen LogP contribution in [0.2, 0.25) is 0 Å². The van der Waals surface area contributed by atoms with Crippen molar-refractivity contribution >= 4 is 5.97 Å². The molecule has 2 rings (SSSR count). The minimum Gasteiger partial charge on any atom is -0.469 e. The maximum atomic E-state index is 12.0. The Hall–Kier alpha value is -1.35. The summed E-state index contributed by atoms with van der Waals surface area (Å²) in [7, 11) is 1.47. The van der Waals surface area contributed by atoms with E-state index in [1.165, 1.54) is 26.4 Å². The molecule has 1 heterocycles. The Bertz CT molecular complexity index is 399. The van der Waals surface area contributed by atoms with Crippen molar-refractivity contribution in [3.63, 3.8) is 0 Å². The predicted molar refractivity (Wildman–Crippen MR) is 80.7 cm³/mol. The van der Waals surface area contributed by atoms with Gasteiger partial charge in [0.05, 0.1) is 13.0 Å². The molecule has 1 saturated heterocycles. The van der Waals surface area contributed by atoms with Gasteiger partial charge >= 0.3 is 5.97 Å². The molecule has 0 aliphatic carbocycles. The monoisotopic (exact) mass is 275 g/mol. The van der Waals surface area contributed by atoms with E-state index < -0.39 is 0 Å². The van der Waals surface area contributed by atoms with Gasteiger partial charge in [0.25, 0.3) is 0 Å². The van der Waals surface area contributed by atoms with Gasteiger partial charge in [0.1, 0.15) is 0 Å². The Morgan fingerprint density at radius 1 is 1.35 bits per heavy atom. The molecule has 0 radical (unpaired) electrons. The van der Waals surface area contributed by atoms with Gasteiger partial charge in [0.15, 0.2) is 0 Å². The molecule has 1 fully saturated rings. The molecular weight excluding hydrogens is 250 g/mol. The number of piperidine rings is 1. The number of benzene rings is 1. The van der Waals surface area contributed by atoms with E-state index in [1.54, 1.807) is 0 Å². The van der Waals surface area contributed by atoms with Crippen LogP contribution < -0.4 is 5.32 Å². The molecule has 0 saturated carbocycles. The van der Waals surface area contributed by atoms with Gasteiger partial charge < -0.3 is 10.1 Å². The number of hydrogen-bond donors (Lipinski definition) is 1. The largest absolute Gasteiger partial charge is 0.469 e. The highest BCUT2D eigenvalue weighted by atomic mass is 16.5. The van der Waals surface area contributed by atoms with Crippen LogP contribution in [0.5, 0.6) is 0 Å². The van der Waals surface area contributed by atoms with Crippen LogP contribution in [0.3, 0.4) is 0 Å². The van der Waals surface area contributed by atoms with Gasteiger partial charge in [0.2, 0.25) is 0 Å². The lowest BCUT2D eigenvalue weighted by Gasteiger charge is -2.24. The molecule has 0 aromatic heterocycles. The van der Waals surface area contributed by atoms with E-state index in [1.807, 2.05) is 30.3 Å². The summed E-state index contributed by atoms with van der Waals surface area (Å²) in [5.74, 6) is -0.238. The molecule has 3 nitrogen and oxygen atoms in total. The van der Waals surface area contributed by atoms with Crippen molar-refractivity contribution in [3.8, 4) is 0 Å². The maximum Gasteiger partial charge on any atom is 0.313 e. The van der Waals surface area contributed by atoms with Crippen molar-refractivity contribution < 1.29 is 9.53 Å². The fourth-order valence-corrected chi connectivity index (χ4v) is 2.99. The summed E-state index contributed by atoms with van der Waals surface area (Å²) in [6, 6.07) is 10.6. The lowest BCUT2D eigenvalue weighted by atomic mass is 9.91. The lowest BCUT2D eigenvalue weighted by molar-refractivity contribution is -0.142. The van der Waals surface area contributed by atoms with Crippen molar-refractivity contribution in [3.05, 3.63) is 35.9 Å². The van der Waals surface area contributed by atoms with Crippen LogP contribution >= 0.6 is 0 Å². The Morgan fingerprint density at radius 2 is 2.15 bits per heavy atom. The van der Waals surface area contributed by atoms with Crippen molar-refractivity contribution in [1.82, 2.24) is 5.32 Å². The molecule has 1 aliphatic heterocycles. The Kier molecular flexibility index (Phi) is 6.06. The van der Waals surface area contributed by atoms with E-state index >= 15 is 0 Å². The normalized spacial score (nSPS) is 20.4. The number of nitrogens with one attached hydrogen (secondary N) is 1. The van der Waals surface area contributed by atoms with Gasteiger partial charge in [0, 0.05) is 6.04 Å². The number of carbonyl (C=O) groups excluding carboxylic acids is 1. The van der Waals surface area contributed by atoms with Crippen LogP contribution in [0.25, 0.3) is 0 Å². The molecule has 0 spiro atoms. The van der Waals surface area contributed by atoms with Gasteiger partial charge in [-0.15, -0.1) is 0 Å². The fourth-order valence-electron chi connectivity index (χ4n) is 2.99. The SMILES string of the molecule is COC(=O)[C@@H](CCCC1CCCCN1)c1ccccc1. The average molecular weight is 275 g/mol. The minimum absolute atomic E-state index is 0.118. The molecule has 1 N–H and O–H groups in total. The molecule has 0 bridgehead atoms. The number of hydrogen-bond acceptors (Lipinski definition) is 3. The van der Waals surface area contributed by atoms with Crippen LogP contribution in [0.4, 0.5) is 0 Å². The van der Waals surface area contributed by atoms with Gasteiger partial charge in [-0.1, -0.05) is 43.2 Å². The molecule has 1 aliphatic rings. The molecule has 1 unspecified atom stereocenters. The van der Waals surface area contributed by atoms with E-state index in [-0.39, 0.29) is 11.9 Å². The molecule has 3 heteroatoms. The highest BCUT2D eigenvalue weighted by molar-refractivity contribution is 5.77. The van der Waals surface area contributed by atoms with Crippen molar-refractivity contribution in [1.29, 1.82) is 0 Å². The molecule has 1 aromatic carbocycles. The first-order chi connectivity index (χ1) is 9.81. The van der Waals surface area contributed by atoms with Crippen molar-refractivity contribution in [2.24, 2.45) is 0 Å². The second kappa shape index (κ2) is 8.05. The third-order valence-electron chi connectivity index (χ3n) is 4.15. The Morgan fingerprint density at radius 3 is 2.80 bits per heavy atom. The van der Waals surface area contributed by atoms with E-state index in [0.717, 1.165) is 31.4 Å². The van der Waals surface area contributed by atoms with E-state index in [4.69, 9.17) is 4.74 Å². The van der Waals surface area contributed by atoms with Crippen LogP contribution in [-0.2, 0) is 9.53 Å². The van der Waals surface area contributed by atoms with Crippen molar-refractivity contribution in [2.75, 3.05) is 13.7 Å². The van der Waals surface area contributed by atoms with E-state index in [9.17, 15) is 4.79 Å². The Balaban J connectivity index is 1.86. The second-order valence-corrected chi connectivity index (χ2v) is 5.56. The smallest absolute Gasteiger partial charge is 0.313 e. The second-order valence-electron chi connectivity index (χ2n) is 5.56. The predicted octanol–water partition coefficient (Wildman–Crippen LogP) is 3.26. The summed E-state index contributed by atoms with van der Waals surface area (Å²) >= 11 is 0. The number of carbonyl (C=O) groups is 1. The van der Waals surface area contributed by atoms with Crippen LogP contribution in [-0.4, -0.2) is 25.7 Å². The first-order valence-electron chi connectivity index (χ1n) is 7.67. The van der Waals surface area contributed by atoms with E-state index in [0.29, 0.717) is 6.04 Å². The molecule has 2 atom stereocenters. The molecule has 1 aromatic rings. The van der Waals surface area contributed by atoms with Gasteiger partial charge in [-0.2, -0.15) is 0 Å². The summed E-state index contributed by atoms with van der Waals surface area (Å²) < 4.78 is 4.95. The first-order valence-corrected chi connectivity index (χ1v) is 7.67. The highest BCUT2D eigenvalue weighted by Crippen LogP contribution is 2.24. The topological polar surface area (TPSA) is 38.3 Å². The summed E-state index contributed by atoms with van der Waals surface area (Å²) in [6.45, 7) is 1.14. The quantitative estimate of drug-likeness (QED) is 0.810. The molecule has 0 amide bonds. The molecule has 20 heavy (non-hydrogen) atoms. The summed E-state index contributed by atoms with van der Waals surface area (Å²) in [6.07, 6.45) is 6.98. The van der Waals surface area contributed by atoms with Crippen LogP contribution in [0.1, 0.15) is 50.0 Å². The zero-order valence-corrected chi connectivity index (χ0v) is 12.3. The van der Waals surface area contributed by atoms with Gasteiger partial charge in [-0.05, 0) is 37.8 Å².